The molecular weight excluding hydrogens is 268 g/mol. The van der Waals surface area contributed by atoms with E-state index in [0.29, 0.717) is 12.5 Å². The average Bonchev–Trinajstić information content (AvgIpc) is 2.29. The lowest BCUT2D eigenvalue weighted by molar-refractivity contribution is 0.218. The molecule has 3 nitrogen and oxygen atoms in total. The minimum atomic E-state index is 0.690. The largest absolute Gasteiger partial charge is 0.476 e. The van der Waals surface area contributed by atoms with Crippen LogP contribution < -0.4 is 4.74 Å². The molecule has 1 heterocycles. The van der Waals surface area contributed by atoms with Crippen molar-refractivity contribution in [3.63, 3.8) is 0 Å². The van der Waals surface area contributed by atoms with Gasteiger partial charge in [0.25, 0.3) is 0 Å². The van der Waals surface area contributed by atoms with Gasteiger partial charge in [0.1, 0.15) is 6.61 Å². The molecule has 1 aromatic rings. The van der Waals surface area contributed by atoms with Gasteiger partial charge in [0.15, 0.2) is 0 Å². The Bertz CT molecular complexity index is 327. The van der Waals surface area contributed by atoms with Gasteiger partial charge in [-0.25, -0.2) is 4.98 Å². The highest BCUT2D eigenvalue weighted by Gasteiger charge is 2.02. The molecule has 0 saturated carbocycles. The van der Waals surface area contributed by atoms with E-state index in [1.54, 1.807) is 6.20 Å². The second-order valence-electron chi connectivity index (χ2n) is 3.65. The monoisotopic (exact) mass is 286 g/mol. The van der Waals surface area contributed by atoms with E-state index >= 15 is 0 Å². The van der Waals surface area contributed by atoms with Crippen molar-refractivity contribution in [3.8, 4) is 5.88 Å². The molecule has 0 aromatic carbocycles. The van der Waals surface area contributed by atoms with Gasteiger partial charge in [-0.05, 0) is 41.5 Å². The van der Waals surface area contributed by atoms with Crippen LogP contribution in [0.2, 0.25) is 0 Å². The summed E-state index contributed by atoms with van der Waals surface area (Å²) in [4.78, 5) is 6.53. The van der Waals surface area contributed by atoms with E-state index in [0.717, 1.165) is 29.7 Å². The van der Waals surface area contributed by atoms with Crippen molar-refractivity contribution in [2.75, 3.05) is 26.2 Å². The third kappa shape index (κ3) is 4.10. The van der Waals surface area contributed by atoms with Crippen molar-refractivity contribution >= 4 is 15.9 Å². The predicted octanol–water partition coefficient (Wildman–Crippen LogP) is 2.87. The van der Waals surface area contributed by atoms with Crippen LogP contribution in [0.1, 0.15) is 19.4 Å². The van der Waals surface area contributed by atoms with Crippen LogP contribution in [0.3, 0.4) is 0 Å². The number of aryl methyl sites for hydroxylation is 1. The molecule has 1 rings (SSSR count). The molecule has 0 N–H and O–H groups in total. The number of ether oxygens (including phenoxy) is 1. The Balaban J connectivity index is 2.40. The van der Waals surface area contributed by atoms with E-state index in [1.165, 1.54) is 0 Å². The van der Waals surface area contributed by atoms with Gasteiger partial charge in [0.05, 0.1) is 0 Å². The molecule has 0 saturated heterocycles. The Morgan fingerprint density at radius 1 is 1.38 bits per heavy atom. The van der Waals surface area contributed by atoms with Crippen LogP contribution in [-0.2, 0) is 0 Å². The van der Waals surface area contributed by atoms with Crippen LogP contribution in [0.5, 0.6) is 5.88 Å². The lowest BCUT2D eigenvalue weighted by atomic mass is 10.3. The van der Waals surface area contributed by atoms with Gasteiger partial charge in [-0.3, -0.25) is 0 Å². The van der Waals surface area contributed by atoms with Gasteiger partial charge in [0, 0.05) is 23.3 Å². The standard InChI is InChI=1S/C12H19BrN2O/c1-4-15(5-2)6-7-16-12-8-10(3)11(13)9-14-12/h8-9H,4-7H2,1-3H3. The minimum absolute atomic E-state index is 0.690. The molecule has 0 aliphatic heterocycles. The zero-order valence-corrected chi connectivity index (χ0v) is 11.7. The molecule has 0 amide bonds. The fourth-order valence-corrected chi connectivity index (χ4v) is 1.63. The summed E-state index contributed by atoms with van der Waals surface area (Å²) in [7, 11) is 0. The Morgan fingerprint density at radius 3 is 2.62 bits per heavy atom. The van der Waals surface area contributed by atoms with Crippen LogP contribution in [0.4, 0.5) is 0 Å². The van der Waals surface area contributed by atoms with Crippen molar-refractivity contribution in [2.45, 2.75) is 20.8 Å². The number of aromatic nitrogens is 1. The van der Waals surface area contributed by atoms with E-state index in [-0.39, 0.29) is 0 Å². The summed E-state index contributed by atoms with van der Waals surface area (Å²) in [5, 5.41) is 0. The summed E-state index contributed by atoms with van der Waals surface area (Å²) in [6.07, 6.45) is 1.78. The van der Waals surface area contributed by atoms with Gasteiger partial charge in [-0.1, -0.05) is 13.8 Å². The highest BCUT2D eigenvalue weighted by molar-refractivity contribution is 9.10. The molecule has 0 bridgehead atoms. The maximum absolute atomic E-state index is 5.60. The first-order valence-corrected chi connectivity index (χ1v) is 6.44. The third-order valence-electron chi connectivity index (χ3n) is 2.57. The second kappa shape index (κ2) is 6.86. The van der Waals surface area contributed by atoms with E-state index < -0.39 is 0 Å². The quantitative estimate of drug-likeness (QED) is 0.804. The summed E-state index contributed by atoms with van der Waals surface area (Å²) >= 11 is 3.42. The van der Waals surface area contributed by atoms with Gasteiger partial charge in [-0.15, -0.1) is 0 Å². The zero-order valence-electron chi connectivity index (χ0n) is 10.2. The summed E-state index contributed by atoms with van der Waals surface area (Å²) in [6, 6.07) is 1.95. The van der Waals surface area contributed by atoms with Crippen LogP contribution in [0.15, 0.2) is 16.7 Å². The molecule has 0 spiro atoms. The summed E-state index contributed by atoms with van der Waals surface area (Å²) in [5.74, 6) is 0.702. The summed E-state index contributed by atoms with van der Waals surface area (Å²) in [6.45, 7) is 10.1. The molecule has 0 atom stereocenters. The van der Waals surface area contributed by atoms with E-state index in [9.17, 15) is 0 Å². The molecule has 0 aliphatic rings. The summed E-state index contributed by atoms with van der Waals surface area (Å²) < 4.78 is 6.62. The number of rotatable bonds is 6. The normalized spacial score (nSPS) is 10.8. The van der Waals surface area contributed by atoms with Crippen molar-refractivity contribution < 1.29 is 4.74 Å². The molecule has 0 unspecified atom stereocenters. The first-order chi connectivity index (χ1) is 7.67. The number of likely N-dealkylation sites (N-methyl/N-ethyl adjacent to an activating group) is 1. The lowest BCUT2D eigenvalue weighted by Crippen LogP contribution is -2.28. The third-order valence-corrected chi connectivity index (χ3v) is 3.40. The second-order valence-corrected chi connectivity index (χ2v) is 4.50. The van der Waals surface area contributed by atoms with Crippen molar-refractivity contribution in [1.29, 1.82) is 0 Å². The highest BCUT2D eigenvalue weighted by Crippen LogP contribution is 2.18. The fraction of sp³-hybridized carbons (Fsp3) is 0.583. The fourth-order valence-electron chi connectivity index (χ4n) is 1.41. The Morgan fingerprint density at radius 2 is 2.06 bits per heavy atom. The van der Waals surface area contributed by atoms with Gasteiger partial charge in [0.2, 0.25) is 5.88 Å². The van der Waals surface area contributed by atoms with Crippen LogP contribution in [-0.4, -0.2) is 36.1 Å². The molecule has 1 aromatic heterocycles. The van der Waals surface area contributed by atoms with Crippen LogP contribution >= 0.6 is 15.9 Å². The average molecular weight is 287 g/mol. The van der Waals surface area contributed by atoms with Crippen LogP contribution in [0, 0.1) is 6.92 Å². The Hall–Kier alpha value is -0.610. The molecule has 0 aliphatic carbocycles. The molecule has 16 heavy (non-hydrogen) atoms. The van der Waals surface area contributed by atoms with Crippen LogP contribution in [0.25, 0.3) is 0 Å². The SMILES string of the molecule is CCN(CC)CCOc1cc(C)c(Br)cn1. The zero-order chi connectivity index (χ0) is 12.0. The first kappa shape index (κ1) is 13.5. The van der Waals surface area contributed by atoms with E-state index in [2.05, 4.69) is 39.7 Å². The number of halogens is 1. The Kier molecular flexibility index (Phi) is 5.77. The summed E-state index contributed by atoms with van der Waals surface area (Å²) in [5.41, 5.74) is 1.15. The van der Waals surface area contributed by atoms with Gasteiger partial charge in [-0.2, -0.15) is 0 Å². The smallest absolute Gasteiger partial charge is 0.213 e. The van der Waals surface area contributed by atoms with Gasteiger partial charge < -0.3 is 9.64 Å². The topological polar surface area (TPSA) is 25.4 Å². The molecular formula is C12H19BrN2O. The minimum Gasteiger partial charge on any atom is -0.476 e. The first-order valence-electron chi connectivity index (χ1n) is 5.64. The number of hydrogen-bond acceptors (Lipinski definition) is 3. The molecule has 0 fully saturated rings. The van der Waals surface area contributed by atoms with E-state index in [4.69, 9.17) is 4.74 Å². The maximum atomic E-state index is 5.60. The van der Waals surface area contributed by atoms with Crippen molar-refractivity contribution in [1.82, 2.24) is 9.88 Å². The van der Waals surface area contributed by atoms with Crippen molar-refractivity contribution in [2.24, 2.45) is 0 Å². The number of pyridine rings is 1. The lowest BCUT2D eigenvalue weighted by Gasteiger charge is -2.17. The maximum Gasteiger partial charge on any atom is 0.213 e. The number of hydrogen-bond donors (Lipinski definition) is 0. The predicted molar refractivity (Wildman–Crippen MR) is 70.0 cm³/mol. The molecule has 90 valence electrons. The highest BCUT2D eigenvalue weighted by atomic mass is 79.9. The van der Waals surface area contributed by atoms with E-state index in [1.807, 2.05) is 13.0 Å². The molecule has 0 radical (unpaired) electrons. The molecule has 4 heteroatoms. The van der Waals surface area contributed by atoms with Gasteiger partial charge >= 0.3 is 0 Å². The van der Waals surface area contributed by atoms with Crippen molar-refractivity contribution in [3.05, 3.63) is 22.3 Å². The Labute approximate surface area is 106 Å². The number of nitrogens with zero attached hydrogens (tertiary/aromatic N) is 2.